The zero-order valence-electron chi connectivity index (χ0n) is 25.2. The minimum absolute atomic E-state index is 0.0183. The van der Waals surface area contributed by atoms with Crippen LogP contribution in [-0.4, -0.2) is 76.9 Å². The maximum atomic E-state index is 14.2. The molecule has 0 aliphatic carbocycles. The van der Waals surface area contributed by atoms with E-state index < -0.39 is 48.2 Å². The van der Waals surface area contributed by atoms with Crippen molar-refractivity contribution in [1.29, 1.82) is 0 Å². The highest BCUT2D eigenvalue weighted by molar-refractivity contribution is 5.92. The van der Waals surface area contributed by atoms with Gasteiger partial charge in [0.15, 0.2) is 0 Å². The number of alkyl carbamates (subject to hydrolysis) is 1. The van der Waals surface area contributed by atoms with Crippen LogP contribution in [0.25, 0.3) is 0 Å². The van der Waals surface area contributed by atoms with Gasteiger partial charge in [-0.2, -0.15) is 0 Å². The summed E-state index contributed by atoms with van der Waals surface area (Å²) in [7, 11) is 0. The van der Waals surface area contributed by atoms with E-state index in [9.17, 15) is 29.4 Å². The van der Waals surface area contributed by atoms with Gasteiger partial charge in [-0.15, -0.1) is 0 Å². The van der Waals surface area contributed by atoms with E-state index >= 15 is 0 Å². The van der Waals surface area contributed by atoms with Gasteiger partial charge >= 0.3 is 12.1 Å². The smallest absolute Gasteiger partial charge is 0.408 e. The van der Waals surface area contributed by atoms with E-state index in [1.807, 2.05) is 19.9 Å². The first-order valence-corrected chi connectivity index (χ1v) is 13.9. The lowest BCUT2D eigenvalue weighted by molar-refractivity contribution is -0.144. The topological polar surface area (TPSA) is 154 Å². The van der Waals surface area contributed by atoms with Crippen molar-refractivity contribution >= 4 is 23.9 Å². The Labute approximate surface area is 247 Å². The zero-order chi connectivity index (χ0) is 31.4. The molecule has 0 saturated carbocycles. The molecule has 42 heavy (non-hydrogen) atoms. The van der Waals surface area contributed by atoms with Gasteiger partial charge in [0.2, 0.25) is 11.8 Å². The fourth-order valence-electron chi connectivity index (χ4n) is 4.22. The van der Waals surface area contributed by atoms with Gasteiger partial charge in [-0.25, -0.2) is 4.79 Å². The molecule has 11 heteroatoms. The first kappa shape index (κ1) is 34.1. The third kappa shape index (κ3) is 10.7. The van der Waals surface area contributed by atoms with Gasteiger partial charge < -0.3 is 35.2 Å². The minimum atomic E-state index is -1.19. The number of hydrogen-bond donors (Lipinski definition) is 4. The largest absolute Gasteiger partial charge is 0.508 e. The van der Waals surface area contributed by atoms with Crippen LogP contribution in [0.3, 0.4) is 0 Å². The third-order valence-corrected chi connectivity index (χ3v) is 6.33. The Balaban J connectivity index is 2.50. The molecule has 0 saturated heterocycles. The van der Waals surface area contributed by atoms with E-state index in [2.05, 4.69) is 10.6 Å². The van der Waals surface area contributed by atoms with E-state index in [1.165, 1.54) is 17.0 Å². The van der Waals surface area contributed by atoms with Crippen LogP contribution in [0.4, 0.5) is 4.79 Å². The second-order valence-corrected chi connectivity index (χ2v) is 10.9. The Bertz CT molecular complexity index is 1220. The summed E-state index contributed by atoms with van der Waals surface area (Å²) in [4.78, 5) is 53.7. The van der Waals surface area contributed by atoms with E-state index in [-0.39, 0.29) is 38.3 Å². The SMILES string of the molecule is CCOC(=O)CCNC(=O)C(c1ccc(C)c(C)c1)N(CCO)C(=O)C(Cc1ccc(O)cc1)NC(=O)OC(C)(C)C. The Kier molecular flexibility index (Phi) is 12.8. The molecular formula is C31H43N3O8. The van der Waals surface area contributed by atoms with Crippen molar-refractivity contribution in [2.24, 2.45) is 0 Å². The van der Waals surface area contributed by atoms with Gasteiger partial charge in [-0.05, 0) is 75.9 Å². The Hall–Kier alpha value is -4.12. The number of nitrogens with one attached hydrogen (secondary N) is 2. The first-order chi connectivity index (χ1) is 19.7. The van der Waals surface area contributed by atoms with E-state index in [1.54, 1.807) is 52.0 Å². The van der Waals surface area contributed by atoms with Gasteiger partial charge in [-0.3, -0.25) is 14.4 Å². The van der Waals surface area contributed by atoms with Gasteiger partial charge in [0.1, 0.15) is 23.4 Å². The van der Waals surface area contributed by atoms with E-state index in [0.29, 0.717) is 11.1 Å². The molecule has 2 unspecified atom stereocenters. The predicted octanol–water partition coefficient (Wildman–Crippen LogP) is 3.08. The van der Waals surface area contributed by atoms with Crippen molar-refractivity contribution in [3.63, 3.8) is 0 Å². The number of esters is 1. The summed E-state index contributed by atoms with van der Waals surface area (Å²) >= 11 is 0. The maximum Gasteiger partial charge on any atom is 0.408 e. The van der Waals surface area contributed by atoms with Gasteiger partial charge in [0, 0.05) is 19.5 Å². The number of aromatic hydroxyl groups is 1. The highest BCUT2D eigenvalue weighted by Gasteiger charge is 2.36. The van der Waals surface area contributed by atoms with Gasteiger partial charge in [0.25, 0.3) is 0 Å². The molecule has 4 N–H and O–H groups in total. The van der Waals surface area contributed by atoms with E-state index in [4.69, 9.17) is 9.47 Å². The Morgan fingerprint density at radius 3 is 2.24 bits per heavy atom. The number of carbonyl (C=O) groups excluding carboxylic acids is 4. The van der Waals surface area contributed by atoms with Crippen LogP contribution in [0.1, 0.15) is 62.4 Å². The quantitative estimate of drug-likeness (QED) is 0.262. The third-order valence-electron chi connectivity index (χ3n) is 6.33. The monoisotopic (exact) mass is 585 g/mol. The van der Waals surface area contributed by atoms with Crippen LogP contribution in [0.15, 0.2) is 42.5 Å². The summed E-state index contributed by atoms with van der Waals surface area (Å²) in [6.07, 6.45) is -0.869. The molecule has 2 aromatic rings. The number of rotatable bonds is 13. The molecule has 0 spiro atoms. The van der Waals surface area contributed by atoms with Crippen LogP contribution >= 0.6 is 0 Å². The highest BCUT2D eigenvalue weighted by Crippen LogP contribution is 2.25. The molecule has 2 aromatic carbocycles. The van der Waals surface area contributed by atoms with Crippen LogP contribution in [0, 0.1) is 13.8 Å². The standard InChI is InChI=1S/C31H43N3O8/c1-7-41-26(37)14-15-32-28(38)27(23-11-8-20(2)21(3)18-23)34(16-17-35)29(39)25(33-30(40)42-31(4,5)6)19-22-9-12-24(36)13-10-22/h8-13,18,25,27,35-36H,7,14-17,19H2,1-6H3,(H,32,38)(H,33,40). The zero-order valence-corrected chi connectivity index (χ0v) is 25.2. The molecule has 3 amide bonds. The van der Waals surface area contributed by atoms with Crippen LogP contribution < -0.4 is 10.6 Å². The molecule has 0 aromatic heterocycles. The van der Waals surface area contributed by atoms with Crippen LogP contribution in [0.2, 0.25) is 0 Å². The molecule has 0 bridgehead atoms. The number of aliphatic hydroxyl groups is 1. The normalized spacial score (nSPS) is 12.5. The number of aliphatic hydroxyl groups excluding tert-OH is 1. The molecule has 230 valence electrons. The predicted molar refractivity (Wildman–Crippen MR) is 157 cm³/mol. The highest BCUT2D eigenvalue weighted by atomic mass is 16.6. The number of benzene rings is 2. The Morgan fingerprint density at radius 2 is 1.67 bits per heavy atom. The first-order valence-electron chi connectivity index (χ1n) is 13.9. The van der Waals surface area contributed by atoms with Crippen molar-refractivity contribution in [3.8, 4) is 5.75 Å². The molecule has 0 fully saturated rings. The van der Waals surface area contributed by atoms with Gasteiger partial charge in [0.05, 0.1) is 19.6 Å². The van der Waals surface area contributed by atoms with E-state index in [0.717, 1.165) is 11.1 Å². The van der Waals surface area contributed by atoms with Crippen molar-refractivity contribution in [2.75, 3.05) is 26.3 Å². The van der Waals surface area contributed by atoms with Crippen LogP contribution in [0.5, 0.6) is 5.75 Å². The number of phenols is 1. The fourth-order valence-corrected chi connectivity index (χ4v) is 4.22. The van der Waals surface area contributed by atoms with Crippen molar-refractivity contribution in [2.45, 2.75) is 72.1 Å². The maximum absolute atomic E-state index is 14.2. The lowest BCUT2D eigenvalue weighted by Crippen LogP contribution is -2.54. The lowest BCUT2D eigenvalue weighted by atomic mass is 9.97. The average molecular weight is 586 g/mol. The number of carbonyl (C=O) groups is 4. The summed E-state index contributed by atoms with van der Waals surface area (Å²) in [6.45, 7) is 10.1. The fraction of sp³-hybridized carbons (Fsp3) is 0.484. The van der Waals surface area contributed by atoms with Crippen molar-refractivity contribution < 1.29 is 38.9 Å². The minimum Gasteiger partial charge on any atom is -0.508 e. The number of ether oxygens (including phenoxy) is 2. The van der Waals surface area contributed by atoms with Gasteiger partial charge in [-0.1, -0.05) is 30.3 Å². The lowest BCUT2D eigenvalue weighted by Gasteiger charge is -2.34. The van der Waals surface area contributed by atoms with Crippen LogP contribution in [-0.2, 0) is 30.3 Å². The summed E-state index contributed by atoms with van der Waals surface area (Å²) in [5, 5.41) is 25.0. The molecule has 0 heterocycles. The summed E-state index contributed by atoms with van der Waals surface area (Å²) in [6, 6.07) is 9.14. The second kappa shape index (κ2) is 15.8. The average Bonchev–Trinajstić information content (AvgIpc) is 2.90. The van der Waals surface area contributed by atoms with Crippen molar-refractivity contribution in [3.05, 3.63) is 64.7 Å². The molecule has 0 aliphatic rings. The Morgan fingerprint density at radius 1 is 1.00 bits per heavy atom. The summed E-state index contributed by atoms with van der Waals surface area (Å²) < 4.78 is 10.3. The number of aryl methyl sites for hydroxylation is 2. The second-order valence-electron chi connectivity index (χ2n) is 10.9. The number of phenolic OH excluding ortho intramolecular Hbond substituents is 1. The number of amides is 3. The molecular weight excluding hydrogens is 542 g/mol. The molecule has 0 radical (unpaired) electrons. The number of nitrogens with zero attached hydrogens (tertiary/aromatic N) is 1. The summed E-state index contributed by atoms with van der Waals surface area (Å²) in [5.74, 6) is -1.63. The van der Waals surface area contributed by atoms with Crippen molar-refractivity contribution in [1.82, 2.24) is 15.5 Å². The molecule has 11 nitrogen and oxygen atoms in total. The summed E-state index contributed by atoms with van der Waals surface area (Å²) in [5.41, 5.74) is 2.17. The molecule has 0 aliphatic heterocycles. The number of hydrogen-bond acceptors (Lipinski definition) is 8. The molecule has 2 rings (SSSR count). The molecule has 2 atom stereocenters.